The van der Waals surface area contributed by atoms with Crippen LogP contribution in [0.25, 0.3) is 28.0 Å². The number of nitrogens with one attached hydrogen (secondary N) is 1. The molecule has 0 spiro atoms. The second kappa shape index (κ2) is 8.20. The van der Waals surface area contributed by atoms with Crippen LogP contribution in [0.4, 0.5) is 5.95 Å². The summed E-state index contributed by atoms with van der Waals surface area (Å²) in [6, 6.07) is 26.2. The largest absolute Gasteiger partial charge is 0.348 e. The topological polar surface area (TPSA) is 55.6 Å². The molecule has 1 unspecified atom stereocenters. The molecule has 31 heavy (non-hydrogen) atoms. The summed E-state index contributed by atoms with van der Waals surface area (Å²) in [4.78, 5) is 13.7. The minimum Gasteiger partial charge on any atom is -0.348 e. The Hall–Kier alpha value is -3.70. The van der Waals surface area contributed by atoms with Crippen molar-refractivity contribution in [1.29, 1.82) is 0 Å². The van der Waals surface area contributed by atoms with Crippen LogP contribution >= 0.6 is 11.6 Å². The lowest BCUT2D eigenvalue weighted by Crippen LogP contribution is -2.10. The maximum atomic E-state index is 6.15. The van der Waals surface area contributed by atoms with Crippen LogP contribution in [-0.4, -0.2) is 19.5 Å². The van der Waals surface area contributed by atoms with Crippen molar-refractivity contribution in [2.24, 2.45) is 0 Å². The van der Waals surface area contributed by atoms with Gasteiger partial charge >= 0.3 is 0 Å². The van der Waals surface area contributed by atoms with Crippen LogP contribution in [0.5, 0.6) is 0 Å². The number of nitrogens with zero attached hydrogens (tertiary/aromatic N) is 4. The highest BCUT2D eigenvalue weighted by molar-refractivity contribution is 6.30. The average molecular weight is 426 g/mol. The molecule has 0 saturated heterocycles. The van der Waals surface area contributed by atoms with E-state index in [4.69, 9.17) is 16.6 Å². The van der Waals surface area contributed by atoms with Crippen LogP contribution in [0.15, 0.2) is 91.4 Å². The van der Waals surface area contributed by atoms with E-state index >= 15 is 0 Å². The van der Waals surface area contributed by atoms with E-state index in [-0.39, 0.29) is 6.04 Å². The number of halogens is 1. The van der Waals surface area contributed by atoms with Crippen LogP contribution in [-0.2, 0) is 0 Å². The lowest BCUT2D eigenvalue weighted by molar-refractivity contribution is 0.854. The molecular formula is C25H20ClN5. The Balaban J connectivity index is 1.45. The standard InChI is InChI=1S/C25H20ClN5/c1-17(18-6-3-2-4-7-18)29-25-27-13-12-24(30-25)31-16-28-22-15-20(10-11-23(22)31)19-8-5-9-21(26)14-19/h2-17H,1H3,(H,27,29,30). The highest BCUT2D eigenvalue weighted by atomic mass is 35.5. The monoisotopic (exact) mass is 425 g/mol. The van der Waals surface area contributed by atoms with E-state index in [1.807, 2.05) is 53.1 Å². The fourth-order valence-corrected chi connectivity index (χ4v) is 3.80. The van der Waals surface area contributed by atoms with Crippen molar-refractivity contribution in [2.45, 2.75) is 13.0 Å². The molecule has 1 N–H and O–H groups in total. The molecule has 0 aliphatic rings. The van der Waals surface area contributed by atoms with E-state index in [1.54, 1.807) is 12.5 Å². The molecule has 0 fully saturated rings. The van der Waals surface area contributed by atoms with Gasteiger partial charge in [0.15, 0.2) is 0 Å². The van der Waals surface area contributed by atoms with Crippen molar-refractivity contribution in [1.82, 2.24) is 19.5 Å². The zero-order valence-corrected chi connectivity index (χ0v) is 17.7. The van der Waals surface area contributed by atoms with Gasteiger partial charge in [0.05, 0.1) is 17.1 Å². The molecule has 0 bridgehead atoms. The number of fused-ring (bicyclic) bond motifs is 1. The third-order valence-electron chi connectivity index (χ3n) is 5.24. The highest BCUT2D eigenvalue weighted by Gasteiger charge is 2.11. The molecule has 0 aliphatic heterocycles. The van der Waals surface area contributed by atoms with Crippen molar-refractivity contribution < 1.29 is 0 Å². The zero-order valence-electron chi connectivity index (χ0n) is 16.9. The molecule has 0 radical (unpaired) electrons. The quantitative estimate of drug-likeness (QED) is 0.358. The summed E-state index contributed by atoms with van der Waals surface area (Å²) in [6.07, 6.45) is 3.55. The fraction of sp³-hybridized carbons (Fsp3) is 0.0800. The Morgan fingerprint density at radius 3 is 2.55 bits per heavy atom. The number of anilines is 1. The first kappa shape index (κ1) is 19.3. The number of rotatable bonds is 5. The molecule has 6 heteroatoms. The van der Waals surface area contributed by atoms with E-state index in [0.29, 0.717) is 11.0 Å². The van der Waals surface area contributed by atoms with E-state index in [0.717, 1.165) is 28.0 Å². The Morgan fingerprint density at radius 1 is 0.871 bits per heavy atom. The van der Waals surface area contributed by atoms with Crippen molar-refractivity contribution >= 4 is 28.6 Å². The third-order valence-corrected chi connectivity index (χ3v) is 5.47. The summed E-state index contributed by atoms with van der Waals surface area (Å²) in [5.41, 5.74) is 5.18. The highest BCUT2D eigenvalue weighted by Crippen LogP contribution is 2.27. The lowest BCUT2D eigenvalue weighted by Gasteiger charge is -2.14. The molecule has 152 valence electrons. The predicted molar refractivity (Wildman–Crippen MR) is 126 cm³/mol. The Morgan fingerprint density at radius 2 is 1.71 bits per heavy atom. The van der Waals surface area contributed by atoms with Gasteiger partial charge in [-0.05, 0) is 53.9 Å². The predicted octanol–water partition coefficient (Wildman–Crippen LogP) is 6.31. The van der Waals surface area contributed by atoms with Gasteiger partial charge in [-0.15, -0.1) is 0 Å². The second-order valence-corrected chi connectivity index (χ2v) is 7.78. The fourth-order valence-electron chi connectivity index (χ4n) is 3.61. The first-order valence-electron chi connectivity index (χ1n) is 10.1. The van der Waals surface area contributed by atoms with Gasteiger partial charge in [0.2, 0.25) is 5.95 Å². The Labute approximate surface area is 185 Å². The lowest BCUT2D eigenvalue weighted by atomic mass is 10.1. The minimum atomic E-state index is 0.0937. The van der Waals surface area contributed by atoms with Crippen molar-refractivity contribution in [3.63, 3.8) is 0 Å². The maximum Gasteiger partial charge on any atom is 0.225 e. The van der Waals surface area contributed by atoms with Gasteiger partial charge in [-0.25, -0.2) is 9.97 Å². The Kier molecular flexibility index (Phi) is 5.10. The van der Waals surface area contributed by atoms with Gasteiger partial charge in [-0.2, -0.15) is 4.98 Å². The molecule has 0 amide bonds. The molecule has 0 saturated carbocycles. The number of imidazole rings is 1. The van der Waals surface area contributed by atoms with Crippen molar-refractivity contribution in [2.75, 3.05) is 5.32 Å². The van der Waals surface area contributed by atoms with Gasteiger partial charge in [0, 0.05) is 11.2 Å². The van der Waals surface area contributed by atoms with Gasteiger partial charge in [0.1, 0.15) is 12.1 Å². The molecule has 5 rings (SSSR count). The van der Waals surface area contributed by atoms with E-state index in [2.05, 4.69) is 52.5 Å². The minimum absolute atomic E-state index is 0.0937. The van der Waals surface area contributed by atoms with Gasteiger partial charge in [-0.1, -0.05) is 60.1 Å². The normalized spacial score (nSPS) is 12.1. The summed E-state index contributed by atoms with van der Waals surface area (Å²) < 4.78 is 1.97. The molecule has 5 aromatic rings. The van der Waals surface area contributed by atoms with E-state index in [9.17, 15) is 0 Å². The summed E-state index contributed by atoms with van der Waals surface area (Å²) in [5.74, 6) is 1.34. The molecule has 3 aromatic carbocycles. The molecule has 1 atom stereocenters. The van der Waals surface area contributed by atoms with Gasteiger partial charge in [0.25, 0.3) is 0 Å². The third kappa shape index (κ3) is 4.00. The number of aromatic nitrogens is 4. The number of hydrogen-bond donors (Lipinski definition) is 1. The summed E-state index contributed by atoms with van der Waals surface area (Å²) in [5, 5.41) is 4.09. The molecule has 0 aliphatic carbocycles. The first-order valence-corrected chi connectivity index (χ1v) is 10.4. The second-order valence-electron chi connectivity index (χ2n) is 7.34. The SMILES string of the molecule is CC(Nc1nccc(-n2cnc3cc(-c4cccc(Cl)c4)ccc32)n1)c1ccccc1. The van der Waals surface area contributed by atoms with Crippen LogP contribution in [0.2, 0.25) is 5.02 Å². The summed E-state index contributed by atoms with van der Waals surface area (Å²) in [7, 11) is 0. The van der Waals surface area contributed by atoms with Crippen molar-refractivity contribution in [3.8, 4) is 16.9 Å². The van der Waals surface area contributed by atoms with E-state index < -0.39 is 0 Å². The van der Waals surface area contributed by atoms with Gasteiger partial charge in [-0.3, -0.25) is 4.57 Å². The number of benzene rings is 3. The number of hydrogen-bond acceptors (Lipinski definition) is 4. The molecule has 2 heterocycles. The van der Waals surface area contributed by atoms with E-state index in [1.165, 1.54) is 5.56 Å². The van der Waals surface area contributed by atoms with Crippen LogP contribution in [0, 0.1) is 0 Å². The summed E-state index contributed by atoms with van der Waals surface area (Å²) in [6.45, 7) is 2.09. The van der Waals surface area contributed by atoms with Crippen LogP contribution < -0.4 is 5.32 Å². The van der Waals surface area contributed by atoms with Crippen LogP contribution in [0.1, 0.15) is 18.5 Å². The smallest absolute Gasteiger partial charge is 0.225 e. The van der Waals surface area contributed by atoms with Crippen LogP contribution in [0.3, 0.4) is 0 Å². The van der Waals surface area contributed by atoms with Gasteiger partial charge < -0.3 is 5.32 Å². The molecule has 5 nitrogen and oxygen atoms in total. The van der Waals surface area contributed by atoms with Crippen molar-refractivity contribution in [3.05, 3.63) is 102 Å². The summed E-state index contributed by atoms with van der Waals surface area (Å²) >= 11 is 6.15. The average Bonchev–Trinajstić information content (AvgIpc) is 3.23. The zero-order chi connectivity index (χ0) is 21.2. The maximum absolute atomic E-state index is 6.15. The first-order chi connectivity index (χ1) is 15.2. The molecule has 2 aromatic heterocycles. The molecular weight excluding hydrogens is 406 g/mol. The Bertz CT molecular complexity index is 1350.